The molecule has 2 N–H and O–H groups in total. The molecule has 112 valence electrons. The fraction of sp³-hybridized carbons (Fsp3) is 0.846. The van der Waals surface area contributed by atoms with Gasteiger partial charge in [0.25, 0.3) is 0 Å². The zero-order chi connectivity index (χ0) is 14.8. The van der Waals surface area contributed by atoms with Gasteiger partial charge in [-0.3, -0.25) is 4.79 Å². The number of hydrogen-bond acceptors (Lipinski definition) is 3. The third-order valence-corrected chi connectivity index (χ3v) is 3.06. The van der Waals surface area contributed by atoms with E-state index in [1.807, 2.05) is 20.8 Å². The Hall–Kier alpha value is -1.30. The Kier molecular flexibility index (Phi) is 8.95. The number of rotatable bonds is 9. The number of carbonyl (C=O) groups is 2. The quantitative estimate of drug-likeness (QED) is 0.665. The number of amides is 2. The second kappa shape index (κ2) is 9.61. The van der Waals surface area contributed by atoms with Crippen LogP contribution < -0.4 is 0 Å². The van der Waals surface area contributed by atoms with Gasteiger partial charge >= 0.3 is 12.0 Å². The van der Waals surface area contributed by atoms with Gasteiger partial charge in [0.2, 0.25) is 0 Å². The van der Waals surface area contributed by atoms with Crippen molar-refractivity contribution in [1.82, 2.24) is 9.80 Å². The van der Waals surface area contributed by atoms with Crippen LogP contribution in [0.2, 0.25) is 0 Å². The van der Waals surface area contributed by atoms with E-state index in [2.05, 4.69) is 0 Å². The van der Waals surface area contributed by atoms with Crippen LogP contribution in [-0.4, -0.2) is 64.3 Å². The second-order valence-corrected chi connectivity index (χ2v) is 4.49. The topological polar surface area (TPSA) is 81.1 Å². The van der Waals surface area contributed by atoms with Crippen molar-refractivity contribution in [2.45, 2.75) is 46.1 Å². The maximum absolute atomic E-state index is 12.4. The van der Waals surface area contributed by atoms with E-state index < -0.39 is 5.97 Å². The van der Waals surface area contributed by atoms with Crippen LogP contribution in [0.25, 0.3) is 0 Å². The second-order valence-electron chi connectivity index (χ2n) is 4.49. The van der Waals surface area contributed by atoms with Crippen molar-refractivity contribution in [3.05, 3.63) is 0 Å². The van der Waals surface area contributed by atoms with Gasteiger partial charge in [-0.2, -0.15) is 0 Å². The van der Waals surface area contributed by atoms with Crippen LogP contribution in [0.15, 0.2) is 0 Å². The van der Waals surface area contributed by atoms with E-state index in [9.17, 15) is 9.59 Å². The summed E-state index contributed by atoms with van der Waals surface area (Å²) in [4.78, 5) is 26.1. The first kappa shape index (κ1) is 17.7. The standard InChI is InChI=1S/C13H26N2O4/c1-4-7-14(10-12(17)18)13(19)15(8-9-16)11(5-2)6-3/h11,16H,4-10H2,1-3H3,(H,17,18). The normalized spacial score (nSPS) is 10.6. The van der Waals surface area contributed by atoms with E-state index in [1.165, 1.54) is 4.90 Å². The minimum atomic E-state index is -1.02. The Morgan fingerprint density at radius 1 is 1.11 bits per heavy atom. The van der Waals surface area contributed by atoms with Gasteiger partial charge in [0.15, 0.2) is 0 Å². The minimum Gasteiger partial charge on any atom is -0.480 e. The van der Waals surface area contributed by atoms with Gasteiger partial charge in [-0.1, -0.05) is 20.8 Å². The van der Waals surface area contributed by atoms with E-state index in [-0.39, 0.29) is 31.8 Å². The molecule has 0 aliphatic carbocycles. The summed E-state index contributed by atoms with van der Waals surface area (Å²) in [7, 11) is 0. The Morgan fingerprint density at radius 3 is 2.05 bits per heavy atom. The molecule has 2 amide bonds. The van der Waals surface area contributed by atoms with Crippen molar-refractivity contribution < 1.29 is 19.8 Å². The lowest BCUT2D eigenvalue weighted by atomic mass is 10.1. The van der Waals surface area contributed by atoms with Crippen LogP contribution in [0.5, 0.6) is 0 Å². The number of urea groups is 1. The molecule has 0 aromatic carbocycles. The molecule has 6 heteroatoms. The summed E-state index contributed by atoms with van der Waals surface area (Å²) in [5.74, 6) is -1.02. The zero-order valence-corrected chi connectivity index (χ0v) is 12.1. The van der Waals surface area contributed by atoms with Gasteiger partial charge in [0.1, 0.15) is 6.54 Å². The molecule has 0 spiro atoms. The predicted molar refractivity (Wildman–Crippen MR) is 73.1 cm³/mol. The third-order valence-electron chi connectivity index (χ3n) is 3.06. The average Bonchev–Trinajstić information content (AvgIpc) is 2.37. The van der Waals surface area contributed by atoms with Gasteiger partial charge in [0.05, 0.1) is 6.61 Å². The maximum Gasteiger partial charge on any atom is 0.323 e. The van der Waals surface area contributed by atoms with Crippen LogP contribution in [0.4, 0.5) is 4.79 Å². The van der Waals surface area contributed by atoms with Crippen molar-refractivity contribution in [3.63, 3.8) is 0 Å². The van der Waals surface area contributed by atoms with Gasteiger partial charge in [-0.15, -0.1) is 0 Å². The summed E-state index contributed by atoms with van der Waals surface area (Å²) in [6.45, 7) is 6.10. The van der Waals surface area contributed by atoms with Gasteiger partial charge in [-0.05, 0) is 19.3 Å². The Balaban J connectivity index is 4.94. The SMILES string of the molecule is CCCN(CC(=O)O)C(=O)N(CCO)C(CC)CC. The van der Waals surface area contributed by atoms with E-state index in [0.717, 1.165) is 12.8 Å². The van der Waals surface area contributed by atoms with Crippen molar-refractivity contribution in [1.29, 1.82) is 0 Å². The number of aliphatic carboxylic acids is 1. The molecule has 0 saturated carbocycles. The Labute approximate surface area is 115 Å². The number of hydrogen-bond donors (Lipinski definition) is 2. The molecule has 0 unspecified atom stereocenters. The smallest absolute Gasteiger partial charge is 0.323 e. The zero-order valence-electron chi connectivity index (χ0n) is 12.1. The summed E-state index contributed by atoms with van der Waals surface area (Å²) in [6, 6.07) is -0.264. The highest BCUT2D eigenvalue weighted by Crippen LogP contribution is 2.12. The highest BCUT2D eigenvalue weighted by Gasteiger charge is 2.26. The average molecular weight is 274 g/mol. The molecule has 0 fully saturated rings. The third kappa shape index (κ3) is 5.92. The van der Waals surface area contributed by atoms with Crippen LogP contribution in [0.3, 0.4) is 0 Å². The lowest BCUT2D eigenvalue weighted by molar-refractivity contribution is -0.137. The fourth-order valence-electron chi connectivity index (χ4n) is 2.13. The van der Waals surface area contributed by atoms with E-state index in [1.54, 1.807) is 4.90 Å². The number of aliphatic hydroxyl groups is 1. The highest BCUT2D eigenvalue weighted by molar-refractivity contribution is 5.80. The number of carboxylic acid groups (broad SMARTS) is 1. The van der Waals surface area contributed by atoms with Crippen LogP contribution in [-0.2, 0) is 4.79 Å². The summed E-state index contributed by atoms with van der Waals surface area (Å²) in [5.41, 5.74) is 0. The fourth-order valence-corrected chi connectivity index (χ4v) is 2.13. The number of aliphatic hydroxyl groups excluding tert-OH is 1. The molecule has 0 aromatic heterocycles. The summed E-state index contributed by atoms with van der Waals surface area (Å²) >= 11 is 0. The molecule has 0 rings (SSSR count). The molecule has 0 heterocycles. The van der Waals surface area contributed by atoms with E-state index in [0.29, 0.717) is 13.0 Å². The molecule has 0 radical (unpaired) electrons. The number of carbonyl (C=O) groups excluding carboxylic acids is 1. The number of carboxylic acids is 1. The molecule has 19 heavy (non-hydrogen) atoms. The van der Waals surface area contributed by atoms with Crippen molar-refractivity contribution in [2.75, 3.05) is 26.2 Å². The van der Waals surface area contributed by atoms with Crippen molar-refractivity contribution in [3.8, 4) is 0 Å². The van der Waals surface area contributed by atoms with Crippen LogP contribution in [0.1, 0.15) is 40.0 Å². The van der Waals surface area contributed by atoms with Gasteiger partial charge in [-0.25, -0.2) is 4.79 Å². The lowest BCUT2D eigenvalue weighted by Crippen LogP contribution is -2.50. The Bertz CT molecular complexity index is 280. The van der Waals surface area contributed by atoms with Crippen molar-refractivity contribution >= 4 is 12.0 Å². The Morgan fingerprint density at radius 2 is 1.68 bits per heavy atom. The highest BCUT2D eigenvalue weighted by atomic mass is 16.4. The first-order valence-corrected chi connectivity index (χ1v) is 6.89. The predicted octanol–water partition coefficient (Wildman–Crippen LogP) is 1.39. The lowest BCUT2D eigenvalue weighted by Gasteiger charge is -2.34. The monoisotopic (exact) mass is 274 g/mol. The maximum atomic E-state index is 12.4. The molecular weight excluding hydrogens is 248 g/mol. The minimum absolute atomic E-state index is 0.0350. The summed E-state index contributed by atoms with van der Waals surface area (Å²) in [6.07, 6.45) is 2.28. The van der Waals surface area contributed by atoms with Crippen LogP contribution >= 0.6 is 0 Å². The molecular formula is C13H26N2O4. The molecule has 0 aromatic rings. The van der Waals surface area contributed by atoms with Crippen LogP contribution in [0, 0.1) is 0 Å². The van der Waals surface area contributed by atoms with Gasteiger partial charge in [0, 0.05) is 19.1 Å². The van der Waals surface area contributed by atoms with Crippen molar-refractivity contribution in [2.24, 2.45) is 0 Å². The molecule has 0 aliphatic rings. The van der Waals surface area contributed by atoms with E-state index in [4.69, 9.17) is 10.2 Å². The summed E-state index contributed by atoms with van der Waals surface area (Å²) < 4.78 is 0. The summed E-state index contributed by atoms with van der Waals surface area (Å²) in [5, 5.41) is 18.0. The molecule has 0 bridgehead atoms. The molecule has 0 aliphatic heterocycles. The first-order valence-electron chi connectivity index (χ1n) is 6.89. The van der Waals surface area contributed by atoms with Gasteiger partial charge < -0.3 is 20.0 Å². The first-order chi connectivity index (χ1) is 9.01. The molecule has 0 saturated heterocycles. The number of nitrogens with zero attached hydrogens (tertiary/aromatic N) is 2. The van der Waals surface area contributed by atoms with E-state index >= 15 is 0 Å². The largest absolute Gasteiger partial charge is 0.480 e. The molecule has 0 atom stereocenters. The molecule has 6 nitrogen and oxygen atoms in total.